The van der Waals surface area contributed by atoms with Crippen LogP contribution in [0.1, 0.15) is 24.4 Å². The Bertz CT molecular complexity index is 488. The Labute approximate surface area is 124 Å². The Balaban J connectivity index is 2.47. The number of carbonyl (C=O) groups is 1. The number of carbonyl (C=O) groups excluding carboxylic acids is 1. The first-order valence-corrected chi connectivity index (χ1v) is 6.78. The summed E-state index contributed by atoms with van der Waals surface area (Å²) >= 11 is 0. The zero-order chi connectivity index (χ0) is 15.4. The highest BCUT2D eigenvalue weighted by Crippen LogP contribution is 2.40. The van der Waals surface area contributed by atoms with Gasteiger partial charge in [0.25, 0.3) is 0 Å². The van der Waals surface area contributed by atoms with Gasteiger partial charge in [-0.3, -0.25) is 5.32 Å². The first kappa shape index (κ1) is 15.4. The first-order valence-electron chi connectivity index (χ1n) is 6.78. The highest BCUT2D eigenvalue weighted by atomic mass is 16.5. The highest BCUT2D eigenvalue weighted by molar-refractivity contribution is 5.80. The SMILES string of the molecule is COC(=O)C(NC1CC1)c1c(OC)cc(OC)cc1OC. The predicted molar refractivity (Wildman–Crippen MR) is 77.0 cm³/mol. The Kier molecular flexibility index (Phi) is 4.90. The van der Waals surface area contributed by atoms with Crippen LogP contribution in [0.4, 0.5) is 0 Å². The monoisotopic (exact) mass is 295 g/mol. The molecule has 1 saturated carbocycles. The van der Waals surface area contributed by atoms with Crippen molar-refractivity contribution in [2.45, 2.75) is 24.9 Å². The second-order valence-electron chi connectivity index (χ2n) is 4.84. The summed E-state index contributed by atoms with van der Waals surface area (Å²) in [5.41, 5.74) is 0.625. The van der Waals surface area contributed by atoms with Crippen molar-refractivity contribution in [3.63, 3.8) is 0 Å². The number of hydrogen-bond donors (Lipinski definition) is 1. The van der Waals surface area contributed by atoms with E-state index in [9.17, 15) is 4.79 Å². The van der Waals surface area contributed by atoms with E-state index in [-0.39, 0.29) is 5.97 Å². The van der Waals surface area contributed by atoms with E-state index in [1.54, 1.807) is 33.5 Å². The lowest BCUT2D eigenvalue weighted by Gasteiger charge is -2.22. The molecule has 1 aromatic carbocycles. The van der Waals surface area contributed by atoms with Crippen LogP contribution in [0.5, 0.6) is 17.2 Å². The molecule has 21 heavy (non-hydrogen) atoms. The molecule has 1 fully saturated rings. The molecule has 1 aliphatic carbocycles. The van der Waals surface area contributed by atoms with Crippen molar-refractivity contribution in [1.29, 1.82) is 0 Å². The molecule has 0 saturated heterocycles. The van der Waals surface area contributed by atoms with E-state index >= 15 is 0 Å². The summed E-state index contributed by atoms with van der Waals surface area (Å²) in [6.07, 6.45) is 2.10. The van der Waals surface area contributed by atoms with Crippen LogP contribution in [0.3, 0.4) is 0 Å². The molecule has 0 bridgehead atoms. The van der Waals surface area contributed by atoms with Gasteiger partial charge in [0.2, 0.25) is 0 Å². The molecule has 116 valence electrons. The standard InChI is InChI=1S/C15H21NO5/c1-18-10-7-11(19-2)13(12(8-10)20-3)14(15(17)21-4)16-9-5-6-9/h7-9,14,16H,5-6H2,1-4H3. The molecule has 0 amide bonds. The lowest BCUT2D eigenvalue weighted by molar-refractivity contribution is -0.143. The van der Waals surface area contributed by atoms with Crippen LogP contribution in [0.2, 0.25) is 0 Å². The average Bonchev–Trinajstić information content (AvgIpc) is 3.34. The van der Waals surface area contributed by atoms with Crippen molar-refractivity contribution in [1.82, 2.24) is 5.32 Å². The van der Waals surface area contributed by atoms with Gasteiger partial charge in [-0.25, -0.2) is 4.79 Å². The molecule has 6 nitrogen and oxygen atoms in total. The van der Waals surface area contributed by atoms with Crippen molar-refractivity contribution < 1.29 is 23.7 Å². The van der Waals surface area contributed by atoms with Crippen LogP contribution in [-0.2, 0) is 9.53 Å². The molecule has 1 atom stereocenters. The lowest BCUT2D eigenvalue weighted by atomic mass is 10.0. The summed E-state index contributed by atoms with van der Waals surface area (Å²) in [4.78, 5) is 12.1. The van der Waals surface area contributed by atoms with Gasteiger partial charge in [-0.05, 0) is 12.8 Å². The van der Waals surface area contributed by atoms with Gasteiger partial charge in [-0.1, -0.05) is 0 Å². The van der Waals surface area contributed by atoms with Gasteiger partial charge in [0.1, 0.15) is 23.3 Å². The summed E-state index contributed by atoms with van der Waals surface area (Å²) in [6.45, 7) is 0. The van der Waals surface area contributed by atoms with Gasteiger partial charge in [0.05, 0.1) is 34.0 Å². The first-order chi connectivity index (χ1) is 10.1. The van der Waals surface area contributed by atoms with Crippen LogP contribution in [0.25, 0.3) is 0 Å². The molecule has 0 aliphatic heterocycles. The van der Waals surface area contributed by atoms with E-state index in [0.717, 1.165) is 12.8 Å². The van der Waals surface area contributed by atoms with Crippen molar-refractivity contribution in [3.8, 4) is 17.2 Å². The minimum atomic E-state index is -0.627. The van der Waals surface area contributed by atoms with Gasteiger partial charge in [0.15, 0.2) is 0 Å². The molecule has 2 rings (SSSR count). The van der Waals surface area contributed by atoms with Gasteiger partial charge < -0.3 is 18.9 Å². The quantitative estimate of drug-likeness (QED) is 0.772. The maximum atomic E-state index is 12.1. The van der Waals surface area contributed by atoms with Crippen molar-refractivity contribution >= 4 is 5.97 Å². The summed E-state index contributed by atoms with van der Waals surface area (Å²) in [7, 11) is 6.02. The molecular formula is C15H21NO5. The van der Waals surface area contributed by atoms with E-state index in [1.165, 1.54) is 7.11 Å². The topological polar surface area (TPSA) is 66.0 Å². The smallest absolute Gasteiger partial charge is 0.327 e. The number of nitrogens with one attached hydrogen (secondary N) is 1. The molecule has 0 aromatic heterocycles. The fraction of sp³-hybridized carbons (Fsp3) is 0.533. The zero-order valence-electron chi connectivity index (χ0n) is 12.8. The molecule has 6 heteroatoms. The molecule has 0 spiro atoms. The number of ether oxygens (including phenoxy) is 4. The second-order valence-corrected chi connectivity index (χ2v) is 4.84. The summed E-state index contributed by atoms with van der Waals surface area (Å²) in [6, 6.07) is 3.15. The number of esters is 1. The van der Waals surface area contributed by atoms with E-state index in [4.69, 9.17) is 18.9 Å². The summed E-state index contributed by atoms with van der Waals surface area (Å²) in [5.74, 6) is 1.27. The molecule has 1 aliphatic rings. The minimum Gasteiger partial charge on any atom is -0.496 e. The van der Waals surface area contributed by atoms with Crippen LogP contribution < -0.4 is 19.5 Å². The molecule has 0 heterocycles. The fourth-order valence-electron chi connectivity index (χ4n) is 2.19. The van der Waals surface area contributed by atoms with E-state index in [2.05, 4.69) is 5.32 Å². The van der Waals surface area contributed by atoms with Gasteiger partial charge in [0, 0.05) is 18.2 Å². The van der Waals surface area contributed by atoms with Crippen LogP contribution in [0.15, 0.2) is 12.1 Å². The molecular weight excluding hydrogens is 274 g/mol. The number of benzene rings is 1. The van der Waals surface area contributed by atoms with Crippen LogP contribution in [0, 0.1) is 0 Å². The third-order valence-electron chi connectivity index (χ3n) is 3.46. The number of hydrogen-bond acceptors (Lipinski definition) is 6. The average molecular weight is 295 g/mol. The van der Waals surface area contributed by atoms with Crippen molar-refractivity contribution in [2.75, 3.05) is 28.4 Å². The minimum absolute atomic E-state index is 0.325. The molecule has 1 N–H and O–H groups in total. The summed E-state index contributed by atoms with van der Waals surface area (Å²) < 4.78 is 20.9. The van der Waals surface area contributed by atoms with E-state index in [1.807, 2.05) is 0 Å². The molecule has 1 unspecified atom stereocenters. The zero-order valence-corrected chi connectivity index (χ0v) is 12.8. The molecule has 1 aromatic rings. The van der Waals surface area contributed by atoms with Crippen molar-refractivity contribution in [3.05, 3.63) is 17.7 Å². The second kappa shape index (κ2) is 6.67. The number of rotatable bonds is 7. The Hall–Kier alpha value is -1.95. The van der Waals surface area contributed by atoms with E-state index < -0.39 is 6.04 Å². The van der Waals surface area contributed by atoms with Crippen LogP contribution in [-0.4, -0.2) is 40.5 Å². The fourth-order valence-corrected chi connectivity index (χ4v) is 2.19. The summed E-state index contributed by atoms with van der Waals surface area (Å²) in [5, 5.41) is 3.27. The van der Waals surface area contributed by atoms with Crippen molar-refractivity contribution in [2.24, 2.45) is 0 Å². The lowest BCUT2D eigenvalue weighted by Crippen LogP contribution is -2.32. The predicted octanol–water partition coefficient (Wildman–Crippen LogP) is 1.68. The maximum Gasteiger partial charge on any atom is 0.327 e. The Morgan fingerprint density at radius 3 is 2.05 bits per heavy atom. The highest BCUT2D eigenvalue weighted by Gasteiger charge is 2.34. The normalized spacial score (nSPS) is 15.2. The Morgan fingerprint density at radius 1 is 1.10 bits per heavy atom. The van der Waals surface area contributed by atoms with Gasteiger partial charge in [-0.15, -0.1) is 0 Å². The van der Waals surface area contributed by atoms with Crippen LogP contribution >= 0.6 is 0 Å². The largest absolute Gasteiger partial charge is 0.496 e. The van der Waals surface area contributed by atoms with Gasteiger partial charge >= 0.3 is 5.97 Å². The third kappa shape index (κ3) is 3.39. The molecule has 0 radical (unpaired) electrons. The van der Waals surface area contributed by atoms with Gasteiger partial charge in [-0.2, -0.15) is 0 Å². The Morgan fingerprint density at radius 2 is 1.67 bits per heavy atom. The third-order valence-corrected chi connectivity index (χ3v) is 3.46. The number of methoxy groups -OCH3 is 4. The maximum absolute atomic E-state index is 12.1. The van der Waals surface area contributed by atoms with E-state index in [0.29, 0.717) is 28.9 Å².